The first-order valence-electron chi connectivity index (χ1n) is 3.30. The minimum atomic E-state index is -1.99. The van der Waals surface area contributed by atoms with Crippen LogP contribution in [0.15, 0.2) is 35.5 Å². The van der Waals surface area contributed by atoms with Crippen molar-refractivity contribution >= 4 is 11.1 Å². The lowest BCUT2D eigenvalue weighted by atomic mass is 10.4. The fraction of sp³-hybridized carbons (Fsp3) is 0.250. The topological polar surface area (TPSA) is 46.5 Å². The zero-order valence-corrected chi connectivity index (χ0v) is 7.93. The maximum atomic E-state index is 10.4. The van der Waals surface area contributed by atoms with Gasteiger partial charge in [-0.3, -0.25) is 0 Å². The largest absolute Gasteiger partial charge is 0.497 e. The van der Waals surface area contributed by atoms with Crippen molar-refractivity contribution < 1.29 is 13.5 Å². The van der Waals surface area contributed by atoms with E-state index in [2.05, 4.69) is 6.58 Å². The van der Waals surface area contributed by atoms with Gasteiger partial charge >= 0.3 is 0 Å². The number of rotatable bonds is 4. The van der Waals surface area contributed by atoms with Crippen LogP contribution in [-0.4, -0.2) is 15.9 Å². The predicted molar refractivity (Wildman–Crippen MR) is 49.8 cm³/mol. The van der Waals surface area contributed by atoms with E-state index in [0.29, 0.717) is 5.76 Å². The summed E-state index contributed by atoms with van der Waals surface area (Å²) in [5, 5.41) is 0. The highest BCUT2D eigenvalue weighted by Gasteiger charge is 1.94. The summed E-state index contributed by atoms with van der Waals surface area (Å²) in [7, 11) is 1.53. The Morgan fingerprint density at radius 2 is 2.17 bits per heavy atom. The third kappa shape index (κ3) is 4.10. The lowest BCUT2D eigenvalue weighted by Gasteiger charge is -1.97. The molecule has 1 N–H and O–H groups in total. The van der Waals surface area contributed by atoms with Gasteiger partial charge in [0.05, 0.1) is 12.0 Å². The molecule has 0 bridgehead atoms. The fourth-order valence-electron chi connectivity index (χ4n) is 0.515. The molecule has 1 unspecified atom stereocenters. The molecule has 0 amide bonds. The summed E-state index contributed by atoms with van der Waals surface area (Å²) in [6.45, 7) is 5.18. The standard InChI is InChI=1S/C8H12O3S/c1-4-8(11-3)6-5-7(2)12(9)10/h4-6H,2H2,1,3H3,(H,9,10)/b6-5-,8-4+. The van der Waals surface area contributed by atoms with Crippen LogP contribution in [0.2, 0.25) is 0 Å². The van der Waals surface area contributed by atoms with Crippen LogP contribution in [0, 0.1) is 0 Å². The maximum Gasteiger partial charge on any atom is 0.185 e. The first kappa shape index (κ1) is 11.1. The SMILES string of the molecule is C=C(/C=C\C(=C/C)OC)S(=O)O. The molecular formula is C8H12O3S. The first-order valence-corrected chi connectivity index (χ1v) is 4.40. The smallest absolute Gasteiger partial charge is 0.185 e. The van der Waals surface area contributed by atoms with Crippen LogP contribution in [0.4, 0.5) is 0 Å². The van der Waals surface area contributed by atoms with Crippen LogP contribution in [0.1, 0.15) is 6.92 Å². The highest BCUT2D eigenvalue weighted by Crippen LogP contribution is 2.02. The lowest BCUT2D eigenvalue weighted by Crippen LogP contribution is -1.87. The van der Waals surface area contributed by atoms with Gasteiger partial charge in [-0.15, -0.1) is 0 Å². The number of hydrogen-bond donors (Lipinski definition) is 1. The van der Waals surface area contributed by atoms with Gasteiger partial charge in [0.25, 0.3) is 0 Å². The van der Waals surface area contributed by atoms with E-state index in [1.165, 1.54) is 13.2 Å². The van der Waals surface area contributed by atoms with Crippen molar-refractivity contribution in [3.63, 3.8) is 0 Å². The van der Waals surface area contributed by atoms with E-state index in [-0.39, 0.29) is 4.91 Å². The number of ether oxygens (including phenoxy) is 1. The van der Waals surface area contributed by atoms with Gasteiger partial charge in [-0.25, -0.2) is 4.21 Å². The van der Waals surface area contributed by atoms with Crippen LogP contribution in [0.5, 0.6) is 0 Å². The maximum absolute atomic E-state index is 10.4. The Kier molecular flexibility index (Phi) is 5.32. The Morgan fingerprint density at radius 1 is 1.58 bits per heavy atom. The fourth-order valence-corrected chi connectivity index (χ4v) is 0.700. The molecule has 0 saturated heterocycles. The van der Waals surface area contributed by atoms with E-state index < -0.39 is 11.1 Å². The van der Waals surface area contributed by atoms with Crippen molar-refractivity contribution in [2.24, 2.45) is 0 Å². The number of allylic oxidation sites excluding steroid dienone is 3. The average molecular weight is 188 g/mol. The van der Waals surface area contributed by atoms with Gasteiger partial charge in [-0.1, -0.05) is 6.58 Å². The zero-order chi connectivity index (χ0) is 9.56. The molecule has 0 aliphatic rings. The van der Waals surface area contributed by atoms with Gasteiger partial charge in [0.2, 0.25) is 0 Å². The Balaban J connectivity index is 4.24. The molecule has 0 aromatic rings. The van der Waals surface area contributed by atoms with Crippen molar-refractivity contribution in [1.29, 1.82) is 0 Å². The molecule has 0 aromatic carbocycles. The molecule has 0 saturated carbocycles. The Labute approximate surface area is 74.7 Å². The van der Waals surface area contributed by atoms with Gasteiger partial charge in [-0.05, 0) is 25.2 Å². The Hall–Kier alpha value is -0.870. The van der Waals surface area contributed by atoms with Gasteiger partial charge < -0.3 is 9.29 Å². The van der Waals surface area contributed by atoms with E-state index in [9.17, 15) is 4.21 Å². The molecule has 0 fully saturated rings. The van der Waals surface area contributed by atoms with Gasteiger partial charge in [0.1, 0.15) is 5.76 Å². The van der Waals surface area contributed by atoms with Crippen molar-refractivity contribution in [3.05, 3.63) is 35.5 Å². The summed E-state index contributed by atoms with van der Waals surface area (Å²) in [4.78, 5) is 0.145. The summed E-state index contributed by atoms with van der Waals surface area (Å²) in [6, 6.07) is 0. The van der Waals surface area contributed by atoms with Crippen LogP contribution in [0.3, 0.4) is 0 Å². The monoisotopic (exact) mass is 188 g/mol. The molecule has 0 aliphatic carbocycles. The van der Waals surface area contributed by atoms with Gasteiger partial charge in [0.15, 0.2) is 11.1 Å². The second kappa shape index (κ2) is 5.74. The third-order valence-corrected chi connectivity index (χ3v) is 1.76. The second-order valence-corrected chi connectivity index (χ2v) is 2.97. The van der Waals surface area contributed by atoms with E-state index >= 15 is 0 Å². The van der Waals surface area contributed by atoms with Crippen LogP contribution in [0.25, 0.3) is 0 Å². The average Bonchev–Trinajstić information content (AvgIpc) is 2.05. The van der Waals surface area contributed by atoms with Crippen LogP contribution in [-0.2, 0) is 15.8 Å². The molecule has 1 atom stereocenters. The van der Waals surface area contributed by atoms with Crippen molar-refractivity contribution in [2.45, 2.75) is 6.92 Å². The van der Waals surface area contributed by atoms with Crippen molar-refractivity contribution in [1.82, 2.24) is 0 Å². The third-order valence-electron chi connectivity index (χ3n) is 1.18. The van der Waals surface area contributed by atoms with Crippen LogP contribution >= 0.6 is 0 Å². The van der Waals surface area contributed by atoms with Crippen LogP contribution < -0.4 is 0 Å². The molecule has 3 nitrogen and oxygen atoms in total. The van der Waals surface area contributed by atoms with E-state index in [4.69, 9.17) is 9.29 Å². The van der Waals surface area contributed by atoms with E-state index in [1.54, 1.807) is 12.2 Å². The van der Waals surface area contributed by atoms with E-state index in [0.717, 1.165) is 0 Å². The quantitative estimate of drug-likeness (QED) is 0.416. The second-order valence-electron chi connectivity index (χ2n) is 1.94. The predicted octanol–water partition coefficient (Wildman–Crippen LogP) is 1.83. The summed E-state index contributed by atoms with van der Waals surface area (Å²) >= 11 is -1.99. The molecule has 0 rings (SSSR count). The molecule has 0 aliphatic heterocycles. The highest BCUT2D eigenvalue weighted by atomic mass is 32.2. The molecule has 4 heteroatoms. The number of methoxy groups -OCH3 is 1. The summed E-state index contributed by atoms with van der Waals surface area (Å²) in [5.41, 5.74) is 0. The normalized spacial score (nSPS) is 14.8. The lowest BCUT2D eigenvalue weighted by molar-refractivity contribution is 0.306. The number of hydrogen-bond acceptors (Lipinski definition) is 2. The Bertz CT molecular complexity index is 237. The molecule has 0 aromatic heterocycles. The molecule has 0 spiro atoms. The Morgan fingerprint density at radius 3 is 2.50 bits per heavy atom. The highest BCUT2D eigenvalue weighted by molar-refractivity contribution is 7.83. The summed E-state index contributed by atoms with van der Waals surface area (Å²) in [5.74, 6) is 0.626. The van der Waals surface area contributed by atoms with E-state index in [1.807, 2.05) is 6.92 Å². The summed E-state index contributed by atoms with van der Waals surface area (Å²) < 4.78 is 23.8. The van der Waals surface area contributed by atoms with Crippen molar-refractivity contribution in [2.75, 3.05) is 7.11 Å². The van der Waals surface area contributed by atoms with Crippen molar-refractivity contribution in [3.8, 4) is 0 Å². The minimum absolute atomic E-state index is 0.145. The van der Waals surface area contributed by atoms with Gasteiger partial charge in [0, 0.05) is 0 Å². The molecule has 0 radical (unpaired) electrons. The minimum Gasteiger partial charge on any atom is -0.497 e. The first-order chi connectivity index (χ1) is 5.61. The zero-order valence-electron chi connectivity index (χ0n) is 7.11. The summed E-state index contributed by atoms with van der Waals surface area (Å²) in [6.07, 6.45) is 4.76. The molecule has 0 heterocycles. The molecule has 68 valence electrons. The van der Waals surface area contributed by atoms with Gasteiger partial charge in [-0.2, -0.15) is 0 Å². The molecular weight excluding hydrogens is 176 g/mol. The molecule has 12 heavy (non-hydrogen) atoms.